The Bertz CT molecular complexity index is 1960. The number of benzene rings is 2. The van der Waals surface area contributed by atoms with Gasteiger partial charge in [-0.15, -0.1) is 0 Å². The van der Waals surface area contributed by atoms with Crippen LogP contribution in [0.15, 0.2) is 72.6 Å². The van der Waals surface area contributed by atoms with Crippen molar-refractivity contribution in [3.63, 3.8) is 0 Å². The first kappa shape index (κ1) is 23.0. The van der Waals surface area contributed by atoms with Crippen LogP contribution >= 0.6 is 0 Å². The molecule has 7 nitrogen and oxygen atoms in total. The van der Waals surface area contributed by atoms with Crippen molar-refractivity contribution >= 4 is 28.7 Å². The third kappa shape index (κ3) is 4.91. The molecule has 0 saturated carbocycles. The van der Waals surface area contributed by atoms with Gasteiger partial charge >= 0.3 is 5.69 Å². The van der Waals surface area contributed by atoms with E-state index in [1.165, 1.54) is 41.1 Å². The maximum absolute atomic E-state index is 16.4. The van der Waals surface area contributed by atoms with Crippen LogP contribution in [0.3, 0.4) is 0 Å². The van der Waals surface area contributed by atoms with Crippen LogP contribution in [-0.2, 0) is 4.79 Å². The fraction of sp³-hybridized carbons (Fsp3) is 0.294. The van der Waals surface area contributed by atoms with Crippen molar-refractivity contribution in [2.24, 2.45) is 0 Å². The third-order valence-electron chi connectivity index (χ3n) is 7.74. The van der Waals surface area contributed by atoms with Crippen molar-refractivity contribution in [3.05, 3.63) is 101 Å². The van der Waals surface area contributed by atoms with Gasteiger partial charge in [-0.2, -0.15) is 4.98 Å². The zero-order chi connectivity index (χ0) is 34.4. The van der Waals surface area contributed by atoms with Crippen molar-refractivity contribution in [3.8, 4) is 16.8 Å². The van der Waals surface area contributed by atoms with E-state index in [0.717, 1.165) is 0 Å². The lowest BCUT2D eigenvalue weighted by atomic mass is 9.97. The van der Waals surface area contributed by atoms with Gasteiger partial charge in [-0.1, -0.05) is 57.3 Å². The summed E-state index contributed by atoms with van der Waals surface area (Å²) in [6.45, 7) is 8.56. The highest BCUT2D eigenvalue weighted by atomic mass is 19.1. The van der Waals surface area contributed by atoms with Gasteiger partial charge < -0.3 is 9.80 Å². The monoisotopic (exact) mass is 570 g/mol. The molecule has 216 valence electrons. The van der Waals surface area contributed by atoms with Crippen LogP contribution in [0.2, 0.25) is 0 Å². The summed E-state index contributed by atoms with van der Waals surface area (Å²) < 4.78 is 58.0. The van der Waals surface area contributed by atoms with Gasteiger partial charge in [0.2, 0.25) is 5.91 Å². The van der Waals surface area contributed by atoms with Gasteiger partial charge in [-0.05, 0) is 67.6 Å². The van der Waals surface area contributed by atoms with Crippen molar-refractivity contribution < 1.29 is 16.0 Å². The fourth-order valence-electron chi connectivity index (χ4n) is 5.89. The van der Waals surface area contributed by atoms with Crippen molar-refractivity contribution in [1.29, 1.82) is 0 Å². The van der Waals surface area contributed by atoms with E-state index in [1.54, 1.807) is 29.2 Å². The number of halogens is 1. The number of rotatable bonds is 6. The number of fused-ring (bicyclic) bond motifs is 1. The number of hydrogen-bond acceptors (Lipinski definition) is 5. The molecule has 1 fully saturated rings. The van der Waals surface area contributed by atoms with Gasteiger partial charge in [0.15, 0.2) is 0 Å². The zero-order valence-corrected chi connectivity index (χ0v) is 24.1. The maximum Gasteiger partial charge on any atom is 0.354 e. The molecule has 3 heterocycles. The zero-order valence-electron chi connectivity index (χ0n) is 29.1. The summed E-state index contributed by atoms with van der Waals surface area (Å²) in [5, 5.41) is 0.262. The van der Waals surface area contributed by atoms with Gasteiger partial charge in [0, 0.05) is 46.4 Å². The number of carbonyl (C=O) groups excluding carboxylic acids is 1. The van der Waals surface area contributed by atoms with Crippen LogP contribution in [-0.4, -0.2) is 50.5 Å². The molecule has 0 radical (unpaired) electrons. The second-order valence-electron chi connectivity index (χ2n) is 10.9. The number of anilines is 1. The van der Waals surface area contributed by atoms with Crippen LogP contribution in [0.25, 0.3) is 33.8 Å². The van der Waals surface area contributed by atoms with Gasteiger partial charge in [0.25, 0.3) is 0 Å². The molecule has 1 aliphatic heterocycles. The van der Waals surface area contributed by atoms with Gasteiger partial charge in [0.1, 0.15) is 11.6 Å². The molecular formula is C34H36FN5O2. The lowest BCUT2D eigenvalue weighted by Crippen LogP contribution is -2.58. The summed E-state index contributed by atoms with van der Waals surface area (Å²) in [6, 6.07) is 10.2. The Morgan fingerprint density at radius 1 is 1.17 bits per heavy atom. The molecule has 2 aromatic carbocycles. The molecule has 2 aromatic heterocycles. The number of piperazine rings is 1. The molecule has 8 heteroatoms. The highest BCUT2D eigenvalue weighted by Gasteiger charge is 2.34. The Labute approximate surface area is 252 Å². The first-order valence-corrected chi connectivity index (χ1v) is 13.8. The number of amides is 1. The molecule has 1 saturated heterocycles. The Kier molecular flexibility index (Phi) is 6.22. The summed E-state index contributed by atoms with van der Waals surface area (Å²) in [5.74, 6) is -0.952. The van der Waals surface area contributed by atoms with E-state index in [-0.39, 0.29) is 57.4 Å². The van der Waals surface area contributed by atoms with Crippen molar-refractivity contribution in [2.75, 3.05) is 18.0 Å². The van der Waals surface area contributed by atoms with E-state index in [2.05, 4.69) is 16.5 Å². The Morgan fingerprint density at radius 2 is 1.90 bits per heavy atom. The topological polar surface area (TPSA) is 71.3 Å². The number of aromatic nitrogens is 3. The molecule has 0 spiro atoms. The molecule has 0 N–H and O–H groups in total. The number of nitrogens with zero attached hydrogens (tertiary/aromatic N) is 5. The minimum Gasteiger partial charge on any atom is -0.347 e. The molecule has 42 heavy (non-hydrogen) atoms. The number of carbonyl (C=O) groups is 1. The largest absolute Gasteiger partial charge is 0.354 e. The van der Waals surface area contributed by atoms with E-state index in [9.17, 15) is 9.59 Å². The summed E-state index contributed by atoms with van der Waals surface area (Å²) >= 11 is 0. The van der Waals surface area contributed by atoms with E-state index < -0.39 is 24.9 Å². The molecule has 1 amide bonds. The Hall–Kier alpha value is -4.59. The average Bonchev–Trinajstić information content (AvgIpc) is 2.99. The Balaban J connectivity index is 1.91. The van der Waals surface area contributed by atoms with Gasteiger partial charge in [-0.3, -0.25) is 14.3 Å². The Morgan fingerprint density at radius 3 is 2.57 bits per heavy atom. The highest BCUT2D eigenvalue weighted by Crippen LogP contribution is 2.37. The standard InChI is InChI=1S/C34H36FN5O2/c1-8-24-12-10-11-13-25(24)26-17-29-27(16-28(26)35)33(39-22(6)18-38(19-23(39)7)30(41)9-2)37-34(42)40(29)32-21(5)14-15-36-31(32)20(3)4/h8-17,20,22-23H,1-2,18-19H2,3-7H3/t22-,23-/m0/s1/i1D2,5D3. The lowest BCUT2D eigenvalue weighted by Gasteiger charge is -2.45. The molecule has 5 rings (SSSR count). The molecule has 4 aromatic rings. The lowest BCUT2D eigenvalue weighted by molar-refractivity contribution is -0.127. The molecule has 0 aliphatic carbocycles. The first-order chi connectivity index (χ1) is 22.1. The summed E-state index contributed by atoms with van der Waals surface area (Å²) in [6.07, 6.45) is 3.94. The quantitative estimate of drug-likeness (QED) is 0.256. The van der Waals surface area contributed by atoms with Crippen LogP contribution in [0.5, 0.6) is 0 Å². The van der Waals surface area contributed by atoms with Gasteiger partial charge in [-0.25, -0.2) is 9.18 Å². The summed E-state index contributed by atoms with van der Waals surface area (Å²) in [7, 11) is 0. The smallest absolute Gasteiger partial charge is 0.347 e. The molecule has 0 unspecified atom stereocenters. The van der Waals surface area contributed by atoms with Crippen LogP contribution < -0.4 is 10.6 Å². The van der Waals surface area contributed by atoms with Gasteiger partial charge in [0.05, 0.1) is 19.6 Å². The highest BCUT2D eigenvalue weighted by molar-refractivity contribution is 5.95. The number of aryl methyl sites for hydroxylation is 1. The van der Waals surface area contributed by atoms with Crippen LogP contribution in [0.4, 0.5) is 10.2 Å². The number of hydrogen-bond donors (Lipinski definition) is 0. The summed E-state index contributed by atoms with van der Waals surface area (Å²) in [4.78, 5) is 39.3. The molecular weight excluding hydrogens is 529 g/mol. The van der Waals surface area contributed by atoms with Crippen LogP contribution in [0, 0.1) is 12.7 Å². The van der Waals surface area contributed by atoms with E-state index in [1.807, 2.05) is 32.6 Å². The van der Waals surface area contributed by atoms with E-state index >= 15 is 4.39 Å². The molecule has 2 atom stereocenters. The minimum absolute atomic E-state index is 0.0596. The molecule has 0 bridgehead atoms. The van der Waals surface area contributed by atoms with E-state index in [0.29, 0.717) is 29.9 Å². The fourth-order valence-corrected chi connectivity index (χ4v) is 5.89. The molecule has 1 aliphatic rings. The average molecular weight is 571 g/mol. The van der Waals surface area contributed by atoms with E-state index in [4.69, 9.17) is 6.85 Å². The van der Waals surface area contributed by atoms with Crippen LogP contribution in [0.1, 0.15) is 57.3 Å². The predicted molar refractivity (Wildman–Crippen MR) is 168 cm³/mol. The predicted octanol–water partition coefficient (Wildman–Crippen LogP) is 6.27. The second-order valence-corrected chi connectivity index (χ2v) is 10.9. The van der Waals surface area contributed by atoms with Crippen molar-refractivity contribution in [2.45, 2.75) is 52.5 Å². The number of pyridine rings is 1. The third-order valence-corrected chi connectivity index (χ3v) is 7.74. The normalized spacial score (nSPS) is 19.0. The van der Waals surface area contributed by atoms with Crippen molar-refractivity contribution in [1.82, 2.24) is 19.4 Å². The minimum atomic E-state index is -2.62. The first-order valence-electron chi connectivity index (χ1n) is 16.3. The maximum atomic E-state index is 16.4. The SMILES string of the molecule is [2H]C([2H])=Cc1ccccc1-c1cc2c(cc1F)c(N1[C@@H](C)CN(C(=O)C=C)C[C@@H]1C)nc(=O)n2-c1c(C([2H])([2H])[2H])ccnc1C(C)C. The summed E-state index contributed by atoms with van der Waals surface area (Å²) in [5.41, 5.74) is 0.635. The second kappa shape index (κ2) is 11.4.